The Morgan fingerprint density at radius 1 is 1.06 bits per heavy atom. The summed E-state index contributed by atoms with van der Waals surface area (Å²) < 4.78 is 0. The van der Waals surface area contributed by atoms with E-state index in [0.717, 1.165) is 11.3 Å². The molecule has 1 aromatic carbocycles. The van der Waals surface area contributed by atoms with Crippen molar-refractivity contribution in [3.05, 3.63) is 62.2 Å². The minimum atomic E-state index is 0. The molecule has 0 aliphatic carbocycles. The predicted molar refractivity (Wildman–Crippen MR) is 60.6 cm³/mol. The Hall–Kier alpha value is -1.31. The van der Waals surface area contributed by atoms with Gasteiger partial charge in [0.2, 0.25) is 0 Å². The van der Waals surface area contributed by atoms with E-state index in [1.165, 1.54) is 0 Å². The van der Waals surface area contributed by atoms with Crippen molar-refractivity contribution in [2.45, 2.75) is 0 Å². The fourth-order valence-corrected chi connectivity index (χ4v) is 1.07. The Morgan fingerprint density at radius 3 is 2.25 bits per heavy atom. The van der Waals surface area contributed by atoms with Crippen molar-refractivity contribution < 1.29 is 24.9 Å². The Balaban J connectivity index is 0. The van der Waals surface area contributed by atoms with Gasteiger partial charge in [-0.1, -0.05) is 12.1 Å². The summed E-state index contributed by atoms with van der Waals surface area (Å²) in [5, 5.41) is 0. The van der Waals surface area contributed by atoms with E-state index in [4.69, 9.17) is 4.79 Å². The second kappa shape index (κ2) is 10.2. The van der Waals surface area contributed by atoms with Crippen molar-refractivity contribution in [3.63, 3.8) is 0 Å². The van der Waals surface area contributed by atoms with E-state index < -0.39 is 0 Å². The molecular weight excluding hydrogens is 378 g/mol. The predicted octanol–water partition coefficient (Wildman–Crippen LogP) is 2.60. The van der Waals surface area contributed by atoms with Gasteiger partial charge >= 0.3 is 20.1 Å². The molecule has 0 fully saturated rings. The molecule has 2 nitrogen and oxygen atoms in total. The number of benzene rings is 1. The summed E-state index contributed by atoms with van der Waals surface area (Å²) in [5.74, 6) is 0. The van der Waals surface area contributed by atoms with Crippen molar-refractivity contribution >= 4 is 6.79 Å². The van der Waals surface area contributed by atoms with Gasteiger partial charge in [0.15, 0.2) is 0 Å². The molecule has 16 heavy (non-hydrogen) atoms. The van der Waals surface area contributed by atoms with Crippen molar-refractivity contribution in [2.75, 3.05) is 0 Å². The average molecular weight is 389 g/mol. The molecule has 0 unspecified atom stereocenters. The Kier molecular flexibility index (Phi) is 10.9. The molecule has 2 aromatic rings. The van der Waals surface area contributed by atoms with E-state index in [0.29, 0.717) is 0 Å². The summed E-state index contributed by atoms with van der Waals surface area (Å²) in [6.45, 7) is 4.50. The molecule has 0 saturated carbocycles. The number of rotatable bonds is 1. The smallest absolute Gasteiger partial charge is 0.573 e. The van der Waals surface area contributed by atoms with Crippen LogP contribution < -0.4 is 0 Å². The van der Waals surface area contributed by atoms with Gasteiger partial charge in [0.25, 0.3) is 0 Å². The molecule has 83 valence electrons. The largest absolute Gasteiger partial charge is 3.00 e. The third kappa shape index (κ3) is 4.96. The Morgan fingerprint density at radius 2 is 1.75 bits per heavy atom. The van der Waals surface area contributed by atoms with Gasteiger partial charge in [-0.3, -0.25) is 0 Å². The van der Waals surface area contributed by atoms with Gasteiger partial charge in [0, 0.05) is 6.20 Å². The molecule has 0 aliphatic rings. The summed E-state index contributed by atoms with van der Waals surface area (Å²) >= 11 is 0. The minimum Gasteiger partial charge on any atom is -0.573 e. The van der Waals surface area contributed by atoms with E-state index in [2.05, 4.69) is 17.8 Å². The topological polar surface area (TPSA) is 30.0 Å². The van der Waals surface area contributed by atoms with Crippen LogP contribution in [-0.4, -0.2) is 11.8 Å². The molecule has 0 saturated heterocycles. The maximum absolute atomic E-state index is 7.50. The molecule has 0 spiro atoms. The third-order valence-corrected chi connectivity index (χ3v) is 1.65. The molecule has 1 heterocycles. The molecule has 0 N–H and O–H groups in total. The SMILES string of the molecule is [C-]=O.[CH3-].[Ir+3].[c-]1ccccc1-c1ccccn1. The zero-order valence-corrected chi connectivity index (χ0v) is 11.2. The summed E-state index contributed by atoms with van der Waals surface area (Å²) in [6, 6.07) is 16.8. The van der Waals surface area contributed by atoms with Crippen LogP contribution in [0.4, 0.5) is 0 Å². The van der Waals surface area contributed by atoms with E-state index in [-0.39, 0.29) is 27.5 Å². The van der Waals surface area contributed by atoms with Crippen LogP contribution in [0.15, 0.2) is 48.7 Å². The van der Waals surface area contributed by atoms with Gasteiger partial charge in [-0.25, -0.2) is 0 Å². The fraction of sp³-hybridized carbons (Fsp3) is 0. The minimum absolute atomic E-state index is 0. The number of hydrogen-bond donors (Lipinski definition) is 0. The van der Waals surface area contributed by atoms with Crippen molar-refractivity contribution in [1.82, 2.24) is 4.98 Å². The number of carbonyl (C=O) groups excluding carboxylic acids is 1. The number of pyridine rings is 1. The summed E-state index contributed by atoms with van der Waals surface area (Å²) in [4.78, 5) is 11.7. The van der Waals surface area contributed by atoms with E-state index in [1.54, 1.807) is 6.20 Å². The first-order chi connectivity index (χ1) is 6.97. The number of aromatic nitrogens is 1. The van der Waals surface area contributed by atoms with E-state index >= 15 is 0 Å². The van der Waals surface area contributed by atoms with Crippen LogP contribution in [-0.2, 0) is 24.9 Å². The molecule has 0 bridgehead atoms. The van der Waals surface area contributed by atoms with Crippen molar-refractivity contribution in [3.8, 4) is 11.3 Å². The van der Waals surface area contributed by atoms with Crippen LogP contribution in [0.1, 0.15) is 0 Å². The number of hydrogen-bond acceptors (Lipinski definition) is 2. The fourth-order valence-electron chi connectivity index (χ4n) is 1.07. The van der Waals surface area contributed by atoms with E-state index in [9.17, 15) is 0 Å². The molecule has 1 radical (unpaired) electrons. The molecule has 0 aliphatic heterocycles. The maximum Gasteiger partial charge on any atom is 3.00 e. The number of nitrogens with zero attached hydrogens (tertiary/aromatic N) is 1. The van der Waals surface area contributed by atoms with Gasteiger partial charge in [-0.05, 0) is 11.8 Å². The van der Waals surface area contributed by atoms with Gasteiger partial charge in [0.05, 0.1) is 0 Å². The van der Waals surface area contributed by atoms with Crippen LogP contribution in [0.5, 0.6) is 0 Å². The van der Waals surface area contributed by atoms with Crippen LogP contribution in [0.25, 0.3) is 11.3 Å². The second-order valence-electron chi connectivity index (χ2n) is 2.49. The third-order valence-electron chi connectivity index (χ3n) is 1.65. The van der Waals surface area contributed by atoms with Crippen molar-refractivity contribution in [2.24, 2.45) is 0 Å². The normalized spacial score (nSPS) is 7.50. The van der Waals surface area contributed by atoms with Gasteiger partial charge in [-0.2, -0.15) is 0 Å². The molecule has 2 rings (SSSR count). The summed E-state index contributed by atoms with van der Waals surface area (Å²) in [7, 11) is 0. The molecule has 1 aromatic heterocycles. The molecule has 0 atom stereocenters. The van der Waals surface area contributed by atoms with Gasteiger partial charge in [-0.15, -0.1) is 35.9 Å². The summed E-state index contributed by atoms with van der Waals surface area (Å²) in [5.41, 5.74) is 2.01. The van der Waals surface area contributed by atoms with E-state index in [1.807, 2.05) is 42.5 Å². The van der Waals surface area contributed by atoms with Crippen molar-refractivity contribution in [1.29, 1.82) is 0 Å². The van der Waals surface area contributed by atoms with Crippen LogP contribution >= 0.6 is 0 Å². The first-order valence-electron chi connectivity index (χ1n) is 4.05. The first-order valence-corrected chi connectivity index (χ1v) is 4.05. The van der Waals surface area contributed by atoms with Crippen LogP contribution in [0.2, 0.25) is 0 Å². The zero-order chi connectivity index (χ0) is 10.2. The molecule has 3 heteroatoms. The van der Waals surface area contributed by atoms with Crippen LogP contribution in [0, 0.1) is 13.5 Å². The molecule has 0 amide bonds. The average Bonchev–Trinajstić information content (AvgIpc) is 2.34. The molecular formula is C13H11IrNO. The Labute approximate surface area is 110 Å². The standard InChI is InChI=1S/C11H8N.CO.CH3.Ir/c1-2-6-10(7-3-1)11-8-4-5-9-12-11;1-2;;/h1-6,8-9H;;1H3;/q3*-1;+3. The second-order valence-corrected chi connectivity index (χ2v) is 2.49. The van der Waals surface area contributed by atoms with Crippen LogP contribution in [0.3, 0.4) is 0 Å². The first kappa shape index (κ1) is 17.1. The van der Waals surface area contributed by atoms with Gasteiger partial charge in [0.1, 0.15) is 0 Å². The maximum atomic E-state index is 7.50. The quantitative estimate of drug-likeness (QED) is 0.702. The Bertz CT molecular complexity index is 327. The zero-order valence-electron chi connectivity index (χ0n) is 8.81. The monoisotopic (exact) mass is 390 g/mol. The summed E-state index contributed by atoms with van der Waals surface area (Å²) in [6.07, 6.45) is 1.79. The van der Waals surface area contributed by atoms with Gasteiger partial charge < -0.3 is 24.0 Å².